The molecule has 0 unspecified atom stereocenters. The molecule has 5 heteroatoms. The second-order valence-corrected chi connectivity index (χ2v) is 2.93. The van der Waals surface area contributed by atoms with E-state index in [4.69, 9.17) is 0 Å². The predicted molar refractivity (Wildman–Crippen MR) is 50.6 cm³/mol. The third-order valence-electron chi connectivity index (χ3n) is 1.69. The smallest absolute Gasteiger partial charge is 0.387 e. The van der Waals surface area contributed by atoms with Crippen molar-refractivity contribution in [3.63, 3.8) is 0 Å². The third kappa shape index (κ3) is 4.39. The number of hydrogen-bond donors (Lipinski definition) is 1. The van der Waals surface area contributed by atoms with Gasteiger partial charge in [0.1, 0.15) is 5.75 Å². The first-order chi connectivity index (χ1) is 7.08. The molecule has 0 aliphatic carbocycles. The molecule has 1 N–H and O–H groups in total. The Labute approximate surface area is 86.0 Å². The quantitative estimate of drug-likeness (QED) is 0.833. The van der Waals surface area contributed by atoms with Crippen LogP contribution in [-0.2, 0) is 11.3 Å². The molecule has 0 aliphatic heterocycles. The summed E-state index contributed by atoms with van der Waals surface area (Å²) in [7, 11) is 0. The Bertz CT molecular complexity index is 325. The van der Waals surface area contributed by atoms with Crippen LogP contribution in [0.15, 0.2) is 24.3 Å². The Morgan fingerprint density at radius 3 is 2.47 bits per heavy atom. The van der Waals surface area contributed by atoms with Gasteiger partial charge in [-0.3, -0.25) is 4.79 Å². The molecule has 0 atom stereocenters. The van der Waals surface area contributed by atoms with Crippen LogP contribution in [-0.4, -0.2) is 12.5 Å². The summed E-state index contributed by atoms with van der Waals surface area (Å²) >= 11 is 0. The number of alkyl halides is 2. The molecule has 0 saturated carbocycles. The van der Waals surface area contributed by atoms with Crippen LogP contribution in [0.5, 0.6) is 5.75 Å². The normalized spacial score (nSPS) is 10.1. The molecular weight excluding hydrogens is 204 g/mol. The van der Waals surface area contributed by atoms with Gasteiger partial charge >= 0.3 is 6.61 Å². The summed E-state index contributed by atoms with van der Waals surface area (Å²) in [5.41, 5.74) is 0.826. The average molecular weight is 215 g/mol. The molecule has 0 fully saturated rings. The Hall–Kier alpha value is -1.65. The minimum Gasteiger partial charge on any atom is -0.435 e. The SMILES string of the molecule is CC(=O)NCc1ccc(OC(F)F)cc1. The number of carbonyl (C=O) groups excluding carboxylic acids is 1. The summed E-state index contributed by atoms with van der Waals surface area (Å²) in [6.45, 7) is -1.02. The van der Waals surface area contributed by atoms with Crippen molar-refractivity contribution < 1.29 is 18.3 Å². The van der Waals surface area contributed by atoms with Crippen LogP contribution in [0, 0.1) is 0 Å². The lowest BCUT2D eigenvalue weighted by molar-refractivity contribution is -0.119. The fraction of sp³-hybridized carbons (Fsp3) is 0.300. The molecule has 0 aromatic heterocycles. The summed E-state index contributed by atoms with van der Waals surface area (Å²) in [6.07, 6.45) is 0. The molecule has 3 nitrogen and oxygen atoms in total. The minimum absolute atomic E-state index is 0.108. The van der Waals surface area contributed by atoms with Gasteiger partial charge in [0, 0.05) is 13.5 Å². The van der Waals surface area contributed by atoms with Crippen LogP contribution < -0.4 is 10.1 Å². The monoisotopic (exact) mass is 215 g/mol. The number of nitrogens with one attached hydrogen (secondary N) is 1. The van der Waals surface area contributed by atoms with E-state index in [0.29, 0.717) is 6.54 Å². The van der Waals surface area contributed by atoms with E-state index in [0.717, 1.165) is 5.56 Å². The van der Waals surface area contributed by atoms with Crippen molar-refractivity contribution in [1.29, 1.82) is 0 Å². The molecular formula is C10H11F2NO2. The van der Waals surface area contributed by atoms with E-state index in [2.05, 4.69) is 10.1 Å². The number of amides is 1. The first kappa shape index (κ1) is 11.4. The summed E-state index contributed by atoms with van der Waals surface area (Å²) in [5, 5.41) is 2.59. The van der Waals surface area contributed by atoms with Crippen LogP contribution >= 0.6 is 0 Å². The zero-order valence-electron chi connectivity index (χ0n) is 8.17. The molecule has 1 amide bonds. The van der Waals surface area contributed by atoms with Gasteiger partial charge in [0.15, 0.2) is 0 Å². The van der Waals surface area contributed by atoms with Crippen LogP contribution in [0.2, 0.25) is 0 Å². The van der Waals surface area contributed by atoms with Crippen LogP contribution in [0.4, 0.5) is 8.78 Å². The topological polar surface area (TPSA) is 38.3 Å². The molecule has 0 spiro atoms. The van der Waals surface area contributed by atoms with Gasteiger partial charge in [-0.05, 0) is 17.7 Å². The standard InChI is InChI=1S/C10H11F2NO2/c1-7(14)13-6-8-2-4-9(5-3-8)15-10(11)12/h2-5,10H,6H2,1H3,(H,13,14). The van der Waals surface area contributed by atoms with Crippen molar-refractivity contribution >= 4 is 5.91 Å². The Morgan fingerprint density at radius 2 is 2.00 bits per heavy atom. The Kier molecular flexibility index (Phi) is 4.03. The zero-order chi connectivity index (χ0) is 11.3. The van der Waals surface area contributed by atoms with Gasteiger partial charge in [0.2, 0.25) is 5.91 Å². The molecule has 0 aliphatic rings. The van der Waals surface area contributed by atoms with Gasteiger partial charge in [0.25, 0.3) is 0 Å². The number of carbonyl (C=O) groups is 1. The van der Waals surface area contributed by atoms with Crippen molar-refractivity contribution in [2.75, 3.05) is 0 Å². The van der Waals surface area contributed by atoms with E-state index in [1.165, 1.54) is 19.1 Å². The molecule has 15 heavy (non-hydrogen) atoms. The maximum absolute atomic E-state index is 11.8. The van der Waals surface area contributed by atoms with E-state index in [9.17, 15) is 13.6 Å². The van der Waals surface area contributed by atoms with Gasteiger partial charge in [-0.25, -0.2) is 0 Å². The van der Waals surface area contributed by atoms with Crippen LogP contribution in [0.1, 0.15) is 12.5 Å². The zero-order valence-corrected chi connectivity index (χ0v) is 8.17. The molecule has 0 heterocycles. The second kappa shape index (κ2) is 5.29. The third-order valence-corrected chi connectivity index (χ3v) is 1.69. The average Bonchev–Trinajstić information content (AvgIpc) is 2.16. The summed E-state index contributed by atoms with van der Waals surface area (Å²) in [5.74, 6) is -0.0283. The van der Waals surface area contributed by atoms with Gasteiger partial charge in [0.05, 0.1) is 0 Å². The highest BCUT2D eigenvalue weighted by atomic mass is 19.3. The lowest BCUT2D eigenvalue weighted by atomic mass is 10.2. The van der Waals surface area contributed by atoms with Gasteiger partial charge in [-0.2, -0.15) is 8.78 Å². The maximum Gasteiger partial charge on any atom is 0.387 e. The molecule has 0 bridgehead atoms. The van der Waals surface area contributed by atoms with E-state index in [1.54, 1.807) is 12.1 Å². The minimum atomic E-state index is -2.81. The fourth-order valence-electron chi connectivity index (χ4n) is 1.02. The van der Waals surface area contributed by atoms with Gasteiger partial charge in [-0.1, -0.05) is 12.1 Å². The maximum atomic E-state index is 11.8. The molecule has 1 aromatic rings. The first-order valence-electron chi connectivity index (χ1n) is 4.36. The highest BCUT2D eigenvalue weighted by Crippen LogP contribution is 2.14. The fourth-order valence-corrected chi connectivity index (χ4v) is 1.02. The number of halogens is 2. The summed E-state index contributed by atoms with van der Waals surface area (Å²) < 4.78 is 27.8. The molecule has 82 valence electrons. The van der Waals surface area contributed by atoms with E-state index in [1.807, 2.05) is 0 Å². The Balaban J connectivity index is 2.52. The highest BCUT2D eigenvalue weighted by molar-refractivity contribution is 5.72. The van der Waals surface area contributed by atoms with Crippen molar-refractivity contribution in [2.24, 2.45) is 0 Å². The number of ether oxygens (including phenoxy) is 1. The highest BCUT2D eigenvalue weighted by Gasteiger charge is 2.03. The van der Waals surface area contributed by atoms with Crippen LogP contribution in [0.3, 0.4) is 0 Å². The number of hydrogen-bond acceptors (Lipinski definition) is 2. The lowest BCUT2D eigenvalue weighted by Gasteiger charge is -2.05. The number of rotatable bonds is 4. The van der Waals surface area contributed by atoms with Crippen LogP contribution in [0.25, 0.3) is 0 Å². The van der Waals surface area contributed by atoms with Gasteiger partial charge < -0.3 is 10.1 Å². The van der Waals surface area contributed by atoms with E-state index >= 15 is 0 Å². The Morgan fingerprint density at radius 1 is 1.40 bits per heavy atom. The predicted octanol–water partition coefficient (Wildman–Crippen LogP) is 1.92. The second-order valence-electron chi connectivity index (χ2n) is 2.93. The summed E-state index contributed by atoms with van der Waals surface area (Å²) in [6, 6.07) is 6.11. The van der Waals surface area contributed by atoms with Crippen molar-refractivity contribution in [2.45, 2.75) is 20.1 Å². The first-order valence-corrected chi connectivity index (χ1v) is 4.36. The van der Waals surface area contributed by atoms with Crippen molar-refractivity contribution in [3.05, 3.63) is 29.8 Å². The molecule has 0 radical (unpaired) electrons. The largest absolute Gasteiger partial charge is 0.435 e. The molecule has 0 saturated heterocycles. The van der Waals surface area contributed by atoms with Crippen molar-refractivity contribution in [3.8, 4) is 5.75 Å². The lowest BCUT2D eigenvalue weighted by Crippen LogP contribution is -2.18. The number of benzene rings is 1. The molecule has 1 aromatic carbocycles. The summed E-state index contributed by atoms with van der Waals surface area (Å²) in [4.78, 5) is 10.6. The van der Waals surface area contributed by atoms with E-state index < -0.39 is 6.61 Å². The van der Waals surface area contributed by atoms with E-state index in [-0.39, 0.29) is 11.7 Å². The van der Waals surface area contributed by atoms with Gasteiger partial charge in [-0.15, -0.1) is 0 Å². The molecule has 1 rings (SSSR count). The van der Waals surface area contributed by atoms with Crippen molar-refractivity contribution in [1.82, 2.24) is 5.32 Å².